The molecule has 0 bridgehead atoms. The first-order chi connectivity index (χ1) is 8.74. The molecule has 0 heterocycles. The molecule has 2 nitrogen and oxygen atoms in total. The Morgan fingerprint density at radius 3 is 2.33 bits per heavy atom. The van der Waals surface area contributed by atoms with E-state index in [0.29, 0.717) is 6.10 Å². The van der Waals surface area contributed by atoms with Crippen LogP contribution in [-0.2, 0) is 0 Å². The number of benzene rings is 1. The molecular formula is C16H25NO. The summed E-state index contributed by atoms with van der Waals surface area (Å²) in [7, 11) is 4.31. The molecule has 0 amide bonds. The normalized spacial score (nSPS) is 24.2. The third-order valence-corrected chi connectivity index (χ3v) is 3.82. The molecule has 2 rings (SSSR count). The van der Waals surface area contributed by atoms with Gasteiger partial charge >= 0.3 is 0 Å². The summed E-state index contributed by atoms with van der Waals surface area (Å²) in [6, 6.07) is 10.2. The first kappa shape index (κ1) is 13.4. The van der Waals surface area contributed by atoms with Crippen molar-refractivity contribution in [3.8, 4) is 5.75 Å². The van der Waals surface area contributed by atoms with Crippen LogP contribution in [0.1, 0.15) is 32.1 Å². The third-order valence-electron chi connectivity index (χ3n) is 3.82. The van der Waals surface area contributed by atoms with E-state index in [-0.39, 0.29) is 0 Å². The molecule has 1 aromatic carbocycles. The van der Waals surface area contributed by atoms with Crippen LogP contribution in [0.2, 0.25) is 0 Å². The smallest absolute Gasteiger partial charge is 0.119 e. The van der Waals surface area contributed by atoms with Gasteiger partial charge in [-0.3, -0.25) is 0 Å². The lowest BCUT2D eigenvalue weighted by molar-refractivity contribution is 0.125. The second-order valence-electron chi connectivity index (χ2n) is 5.67. The summed E-state index contributed by atoms with van der Waals surface area (Å²) >= 11 is 0. The molecular weight excluding hydrogens is 222 g/mol. The van der Waals surface area contributed by atoms with E-state index in [1.807, 2.05) is 18.2 Å². The van der Waals surface area contributed by atoms with Crippen LogP contribution < -0.4 is 4.74 Å². The number of hydrogen-bond acceptors (Lipinski definition) is 2. The van der Waals surface area contributed by atoms with Crippen LogP contribution in [0.25, 0.3) is 0 Å². The standard InChI is InChI=1S/C16H25NO/c1-17(2)13-12-14-8-10-16(11-9-14)18-15-6-4-3-5-7-15/h3-7,14,16H,8-13H2,1-2H3. The van der Waals surface area contributed by atoms with E-state index in [0.717, 1.165) is 11.7 Å². The molecule has 1 saturated carbocycles. The van der Waals surface area contributed by atoms with Crippen molar-refractivity contribution in [3.63, 3.8) is 0 Å². The number of rotatable bonds is 5. The molecule has 2 heteroatoms. The first-order valence-electron chi connectivity index (χ1n) is 7.10. The summed E-state index contributed by atoms with van der Waals surface area (Å²) in [4.78, 5) is 2.28. The van der Waals surface area contributed by atoms with E-state index in [9.17, 15) is 0 Å². The van der Waals surface area contributed by atoms with Crippen molar-refractivity contribution >= 4 is 0 Å². The Labute approximate surface area is 111 Å². The van der Waals surface area contributed by atoms with Gasteiger partial charge in [0, 0.05) is 0 Å². The maximum atomic E-state index is 6.02. The van der Waals surface area contributed by atoms with Gasteiger partial charge in [0.1, 0.15) is 5.75 Å². The highest BCUT2D eigenvalue weighted by Crippen LogP contribution is 2.29. The summed E-state index contributed by atoms with van der Waals surface area (Å²) in [5.41, 5.74) is 0. The van der Waals surface area contributed by atoms with Crippen LogP contribution in [0, 0.1) is 5.92 Å². The van der Waals surface area contributed by atoms with Crippen molar-refractivity contribution < 1.29 is 4.74 Å². The molecule has 0 aromatic heterocycles. The molecule has 18 heavy (non-hydrogen) atoms. The highest BCUT2D eigenvalue weighted by molar-refractivity contribution is 5.21. The van der Waals surface area contributed by atoms with Gasteiger partial charge in [0.05, 0.1) is 6.10 Å². The van der Waals surface area contributed by atoms with Crippen molar-refractivity contribution in [2.45, 2.75) is 38.2 Å². The maximum Gasteiger partial charge on any atom is 0.119 e. The van der Waals surface area contributed by atoms with Gasteiger partial charge in [-0.2, -0.15) is 0 Å². The predicted molar refractivity (Wildman–Crippen MR) is 76.0 cm³/mol. The topological polar surface area (TPSA) is 12.5 Å². The van der Waals surface area contributed by atoms with Crippen LogP contribution in [0.15, 0.2) is 30.3 Å². The molecule has 0 radical (unpaired) electrons. The quantitative estimate of drug-likeness (QED) is 0.788. The minimum Gasteiger partial charge on any atom is -0.490 e. The van der Waals surface area contributed by atoms with E-state index < -0.39 is 0 Å². The van der Waals surface area contributed by atoms with Crippen LogP contribution in [0.3, 0.4) is 0 Å². The van der Waals surface area contributed by atoms with Gasteiger partial charge < -0.3 is 9.64 Å². The molecule has 0 N–H and O–H groups in total. The summed E-state index contributed by atoms with van der Waals surface area (Å²) in [6.07, 6.45) is 6.85. The van der Waals surface area contributed by atoms with Crippen LogP contribution in [0.5, 0.6) is 5.75 Å². The van der Waals surface area contributed by atoms with Crippen LogP contribution in [-0.4, -0.2) is 31.6 Å². The highest BCUT2D eigenvalue weighted by Gasteiger charge is 2.22. The van der Waals surface area contributed by atoms with E-state index in [2.05, 4.69) is 31.1 Å². The molecule has 0 atom stereocenters. The number of para-hydroxylation sites is 1. The van der Waals surface area contributed by atoms with E-state index >= 15 is 0 Å². The summed E-state index contributed by atoms with van der Waals surface area (Å²) in [5, 5.41) is 0. The Morgan fingerprint density at radius 1 is 1.06 bits per heavy atom. The van der Waals surface area contributed by atoms with Crippen molar-refractivity contribution in [3.05, 3.63) is 30.3 Å². The van der Waals surface area contributed by atoms with Crippen LogP contribution >= 0.6 is 0 Å². The third kappa shape index (κ3) is 4.34. The Bertz CT molecular complexity index is 328. The van der Waals surface area contributed by atoms with Gasteiger partial charge in [0.2, 0.25) is 0 Å². The van der Waals surface area contributed by atoms with Crippen molar-refractivity contribution in [1.29, 1.82) is 0 Å². The molecule has 0 spiro atoms. The van der Waals surface area contributed by atoms with E-state index in [1.54, 1.807) is 0 Å². The minimum atomic E-state index is 0.433. The van der Waals surface area contributed by atoms with Crippen molar-refractivity contribution in [2.24, 2.45) is 5.92 Å². The fraction of sp³-hybridized carbons (Fsp3) is 0.625. The van der Waals surface area contributed by atoms with Gasteiger partial charge in [0.25, 0.3) is 0 Å². The lowest BCUT2D eigenvalue weighted by Gasteiger charge is -2.29. The fourth-order valence-electron chi connectivity index (χ4n) is 2.67. The second kappa shape index (κ2) is 6.79. The number of hydrogen-bond donors (Lipinski definition) is 0. The van der Waals surface area contributed by atoms with Crippen molar-refractivity contribution in [2.75, 3.05) is 20.6 Å². The molecule has 1 aliphatic rings. The molecule has 0 aliphatic heterocycles. The van der Waals surface area contributed by atoms with Crippen molar-refractivity contribution in [1.82, 2.24) is 4.90 Å². The lowest BCUT2D eigenvalue weighted by Crippen LogP contribution is -2.26. The van der Waals surface area contributed by atoms with Crippen LogP contribution in [0.4, 0.5) is 0 Å². The Kier molecular flexibility index (Phi) is 5.06. The molecule has 1 fully saturated rings. The maximum absolute atomic E-state index is 6.02. The Hall–Kier alpha value is -1.02. The first-order valence-corrected chi connectivity index (χ1v) is 7.10. The number of ether oxygens (including phenoxy) is 1. The average molecular weight is 247 g/mol. The second-order valence-corrected chi connectivity index (χ2v) is 5.67. The lowest BCUT2D eigenvalue weighted by atomic mass is 9.85. The highest BCUT2D eigenvalue weighted by atomic mass is 16.5. The number of nitrogens with zero attached hydrogens (tertiary/aromatic N) is 1. The molecule has 0 saturated heterocycles. The predicted octanol–water partition coefficient (Wildman–Crippen LogP) is 3.58. The molecule has 0 unspecified atom stereocenters. The summed E-state index contributed by atoms with van der Waals surface area (Å²) < 4.78 is 6.02. The minimum absolute atomic E-state index is 0.433. The Balaban J connectivity index is 1.70. The van der Waals surface area contributed by atoms with E-state index in [1.165, 1.54) is 38.6 Å². The van der Waals surface area contributed by atoms with Gasteiger partial charge in [-0.25, -0.2) is 0 Å². The molecule has 1 aromatic rings. The van der Waals surface area contributed by atoms with E-state index in [4.69, 9.17) is 4.74 Å². The van der Waals surface area contributed by atoms with Gasteiger partial charge in [-0.05, 0) is 70.8 Å². The summed E-state index contributed by atoms with van der Waals surface area (Å²) in [6.45, 7) is 1.22. The SMILES string of the molecule is CN(C)CCC1CCC(Oc2ccccc2)CC1. The molecule has 1 aliphatic carbocycles. The molecule has 100 valence electrons. The van der Waals surface area contributed by atoms with Gasteiger partial charge in [-0.1, -0.05) is 18.2 Å². The largest absolute Gasteiger partial charge is 0.490 e. The van der Waals surface area contributed by atoms with Gasteiger partial charge in [-0.15, -0.1) is 0 Å². The zero-order chi connectivity index (χ0) is 12.8. The zero-order valence-electron chi connectivity index (χ0n) is 11.6. The Morgan fingerprint density at radius 2 is 1.72 bits per heavy atom. The fourth-order valence-corrected chi connectivity index (χ4v) is 2.67. The van der Waals surface area contributed by atoms with Gasteiger partial charge in [0.15, 0.2) is 0 Å². The monoisotopic (exact) mass is 247 g/mol. The zero-order valence-corrected chi connectivity index (χ0v) is 11.6. The summed E-state index contributed by atoms with van der Waals surface area (Å²) in [5.74, 6) is 1.93. The average Bonchev–Trinajstić information content (AvgIpc) is 2.39.